The van der Waals surface area contributed by atoms with Crippen LogP contribution in [0.4, 0.5) is 0 Å². The quantitative estimate of drug-likeness (QED) is 0.854. The molecule has 22 heavy (non-hydrogen) atoms. The molecule has 2 aliphatic rings. The van der Waals surface area contributed by atoms with E-state index < -0.39 is 0 Å². The minimum Gasteiger partial charge on any atom is -0.378 e. The number of aryl methyl sites for hydroxylation is 2. The number of aromatic nitrogens is 3. The molecule has 1 aromatic rings. The molecule has 0 spiro atoms. The molecular weight excluding hydrogens is 280 g/mol. The van der Waals surface area contributed by atoms with Crippen LogP contribution >= 0.6 is 0 Å². The lowest BCUT2D eigenvalue weighted by Gasteiger charge is -2.33. The van der Waals surface area contributed by atoms with Crippen LogP contribution in [0.1, 0.15) is 56.2 Å². The van der Waals surface area contributed by atoms with Crippen LogP contribution in [0.3, 0.4) is 0 Å². The number of hydrogen-bond acceptors (Lipinski definition) is 4. The lowest BCUT2D eigenvalue weighted by atomic mass is 10.0. The van der Waals surface area contributed by atoms with Gasteiger partial charge in [-0.3, -0.25) is 4.79 Å². The van der Waals surface area contributed by atoms with Crippen LogP contribution < -0.4 is 0 Å². The molecule has 0 N–H and O–H groups in total. The number of rotatable bonds is 4. The minimum absolute atomic E-state index is 0.259. The first-order valence-corrected chi connectivity index (χ1v) is 8.42. The Labute approximate surface area is 131 Å². The summed E-state index contributed by atoms with van der Waals surface area (Å²) < 4.78 is 7.60. The Hall–Kier alpha value is -1.43. The van der Waals surface area contributed by atoms with Crippen molar-refractivity contribution in [2.45, 2.75) is 64.5 Å². The van der Waals surface area contributed by atoms with Crippen molar-refractivity contribution >= 4 is 5.91 Å². The highest BCUT2D eigenvalue weighted by Gasteiger charge is 2.27. The molecule has 0 bridgehead atoms. The van der Waals surface area contributed by atoms with Crippen molar-refractivity contribution in [2.24, 2.45) is 0 Å². The summed E-state index contributed by atoms with van der Waals surface area (Å²) >= 11 is 0. The highest BCUT2D eigenvalue weighted by atomic mass is 16.5. The Bertz CT molecular complexity index is 522. The first-order chi connectivity index (χ1) is 10.6. The van der Waals surface area contributed by atoms with E-state index in [0.717, 1.165) is 63.4 Å². The van der Waals surface area contributed by atoms with Crippen molar-refractivity contribution in [1.82, 2.24) is 19.7 Å². The maximum absolute atomic E-state index is 12.4. The summed E-state index contributed by atoms with van der Waals surface area (Å²) in [4.78, 5) is 18.8. The number of nitrogens with zero attached hydrogens (tertiary/aromatic N) is 4. The number of piperidine rings is 1. The minimum atomic E-state index is 0.259. The molecule has 122 valence electrons. The van der Waals surface area contributed by atoms with Gasteiger partial charge in [0.2, 0.25) is 5.91 Å². The van der Waals surface area contributed by atoms with E-state index in [1.807, 2.05) is 23.4 Å². The van der Waals surface area contributed by atoms with Crippen molar-refractivity contribution in [3.8, 4) is 0 Å². The van der Waals surface area contributed by atoms with Crippen LogP contribution in [0.2, 0.25) is 0 Å². The summed E-state index contributed by atoms with van der Waals surface area (Å²) in [5.41, 5.74) is 0. The summed E-state index contributed by atoms with van der Waals surface area (Å²) in [6.45, 7) is 6.38. The van der Waals surface area contributed by atoms with Gasteiger partial charge in [0.15, 0.2) is 0 Å². The van der Waals surface area contributed by atoms with E-state index in [4.69, 9.17) is 4.74 Å². The third-order valence-electron chi connectivity index (χ3n) is 4.71. The average Bonchev–Trinajstić information content (AvgIpc) is 3.14. The highest BCUT2D eigenvalue weighted by Crippen LogP contribution is 2.24. The molecule has 0 saturated carbocycles. The molecule has 0 aromatic carbocycles. The molecular formula is C16H26N4O2. The lowest BCUT2D eigenvalue weighted by molar-refractivity contribution is -0.133. The fourth-order valence-corrected chi connectivity index (χ4v) is 3.58. The molecule has 0 aliphatic carbocycles. The second-order valence-electron chi connectivity index (χ2n) is 6.46. The standard InChI is InChI=1S/C16H26N4O2/c1-12-17-13(2)20(18-12)14-5-3-9-19(11-14)16(21)8-7-15-6-4-10-22-15/h14-15H,3-11H2,1-2H3/t14-,15+/m1/s1. The second-order valence-corrected chi connectivity index (χ2v) is 6.46. The van der Waals surface area contributed by atoms with Gasteiger partial charge in [-0.25, -0.2) is 9.67 Å². The lowest BCUT2D eigenvalue weighted by Crippen LogP contribution is -2.41. The molecule has 0 unspecified atom stereocenters. The van der Waals surface area contributed by atoms with Gasteiger partial charge in [0.1, 0.15) is 11.6 Å². The number of carbonyl (C=O) groups is 1. The van der Waals surface area contributed by atoms with Crippen molar-refractivity contribution in [3.63, 3.8) is 0 Å². The summed E-state index contributed by atoms with van der Waals surface area (Å²) in [7, 11) is 0. The highest BCUT2D eigenvalue weighted by molar-refractivity contribution is 5.76. The van der Waals surface area contributed by atoms with Gasteiger partial charge in [0.25, 0.3) is 0 Å². The Morgan fingerprint density at radius 1 is 1.32 bits per heavy atom. The third kappa shape index (κ3) is 3.48. The monoisotopic (exact) mass is 306 g/mol. The summed E-state index contributed by atoms with van der Waals surface area (Å²) in [5, 5.41) is 4.48. The Balaban J connectivity index is 1.55. The molecule has 6 heteroatoms. The zero-order chi connectivity index (χ0) is 15.5. The predicted octanol–water partition coefficient (Wildman–Crippen LogP) is 2.02. The van der Waals surface area contributed by atoms with Gasteiger partial charge < -0.3 is 9.64 Å². The van der Waals surface area contributed by atoms with E-state index in [0.29, 0.717) is 12.5 Å². The molecule has 0 radical (unpaired) electrons. The topological polar surface area (TPSA) is 60.2 Å². The van der Waals surface area contributed by atoms with Crippen molar-refractivity contribution in [3.05, 3.63) is 11.6 Å². The summed E-state index contributed by atoms with van der Waals surface area (Å²) in [5.74, 6) is 2.00. The normalized spacial score (nSPS) is 25.6. The smallest absolute Gasteiger partial charge is 0.222 e. The molecule has 3 rings (SSSR count). The fourth-order valence-electron chi connectivity index (χ4n) is 3.58. The molecule has 2 aliphatic heterocycles. The molecule has 2 atom stereocenters. The fraction of sp³-hybridized carbons (Fsp3) is 0.812. The van der Waals surface area contributed by atoms with Gasteiger partial charge in [-0.05, 0) is 46.0 Å². The molecule has 2 fully saturated rings. The molecule has 1 amide bonds. The van der Waals surface area contributed by atoms with E-state index in [2.05, 4.69) is 10.1 Å². The summed E-state index contributed by atoms with van der Waals surface area (Å²) in [6.07, 6.45) is 6.11. The molecule has 2 saturated heterocycles. The van der Waals surface area contributed by atoms with Gasteiger partial charge in [-0.2, -0.15) is 5.10 Å². The van der Waals surface area contributed by atoms with E-state index in [-0.39, 0.29) is 11.9 Å². The number of likely N-dealkylation sites (tertiary alicyclic amines) is 1. The largest absolute Gasteiger partial charge is 0.378 e. The van der Waals surface area contributed by atoms with Crippen LogP contribution in [0.25, 0.3) is 0 Å². The van der Waals surface area contributed by atoms with Crippen molar-refractivity contribution in [1.29, 1.82) is 0 Å². The van der Waals surface area contributed by atoms with Crippen LogP contribution in [0, 0.1) is 13.8 Å². The Kier molecular flexibility index (Phi) is 4.76. The van der Waals surface area contributed by atoms with Gasteiger partial charge in [-0.1, -0.05) is 0 Å². The molecule has 3 heterocycles. The van der Waals surface area contributed by atoms with Crippen LogP contribution in [-0.2, 0) is 9.53 Å². The molecule has 6 nitrogen and oxygen atoms in total. The average molecular weight is 306 g/mol. The zero-order valence-corrected chi connectivity index (χ0v) is 13.6. The van der Waals surface area contributed by atoms with E-state index in [1.165, 1.54) is 0 Å². The van der Waals surface area contributed by atoms with E-state index in [9.17, 15) is 4.79 Å². The maximum Gasteiger partial charge on any atom is 0.222 e. The Morgan fingerprint density at radius 3 is 2.86 bits per heavy atom. The van der Waals surface area contributed by atoms with Crippen LogP contribution in [0.15, 0.2) is 0 Å². The first-order valence-electron chi connectivity index (χ1n) is 8.42. The van der Waals surface area contributed by atoms with Crippen molar-refractivity contribution < 1.29 is 9.53 Å². The first kappa shape index (κ1) is 15.5. The number of carbonyl (C=O) groups excluding carboxylic acids is 1. The SMILES string of the molecule is Cc1nc(C)n([C@@H]2CCCN(C(=O)CC[C@@H]3CCCO3)C2)n1. The molecule has 1 aromatic heterocycles. The number of hydrogen-bond donors (Lipinski definition) is 0. The van der Waals surface area contributed by atoms with Crippen LogP contribution in [-0.4, -0.2) is 51.4 Å². The Morgan fingerprint density at radius 2 is 2.18 bits per heavy atom. The van der Waals surface area contributed by atoms with Gasteiger partial charge in [0, 0.05) is 26.1 Å². The van der Waals surface area contributed by atoms with Gasteiger partial charge in [-0.15, -0.1) is 0 Å². The third-order valence-corrected chi connectivity index (χ3v) is 4.71. The zero-order valence-electron chi connectivity index (χ0n) is 13.6. The predicted molar refractivity (Wildman–Crippen MR) is 82.6 cm³/mol. The van der Waals surface area contributed by atoms with Crippen LogP contribution in [0.5, 0.6) is 0 Å². The summed E-state index contributed by atoms with van der Waals surface area (Å²) in [6, 6.07) is 0.265. The van der Waals surface area contributed by atoms with E-state index in [1.54, 1.807) is 0 Å². The van der Waals surface area contributed by atoms with E-state index >= 15 is 0 Å². The number of ether oxygens (including phenoxy) is 1. The number of amides is 1. The van der Waals surface area contributed by atoms with Gasteiger partial charge in [0.05, 0.1) is 12.1 Å². The van der Waals surface area contributed by atoms with Gasteiger partial charge >= 0.3 is 0 Å². The maximum atomic E-state index is 12.4. The van der Waals surface area contributed by atoms with Crippen molar-refractivity contribution in [2.75, 3.05) is 19.7 Å². The second kappa shape index (κ2) is 6.77.